The fraction of sp³-hybridized carbons (Fsp3) is 0.174. The average Bonchev–Trinajstić information content (AvgIpc) is 2.79. The first kappa shape index (κ1) is 17.4. The Hall–Kier alpha value is -2.98. The molecule has 0 bridgehead atoms. The van der Waals surface area contributed by atoms with Crippen molar-refractivity contribution < 1.29 is 13.9 Å². The molecule has 0 aromatic heterocycles. The molecular weight excluding hydrogens is 341 g/mol. The van der Waals surface area contributed by atoms with Gasteiger partial charge >= 0.3 is 0 Å². The summed E-state index contributed by atoms with van der Waals surface area (Å²) in [7, 11) is 1.63. The van der Waals surface area contributed by atoms with Crippen LogP contribution in [0.3, 0.4) is 0 Å². The van der Waals surface area contributed by atoms with Crippen LogP contribution in [0.2, 0.25) is 0 Å². The Morgan fingerprint density at radius 2 is 1.81 bits per heavy atom. The Labute approximate surface area is 157 Å². The summed E-state index contributed by atoms with van der Waals surface area (Å²) in [5, 5.41) is 3.33. The molecule has 1 unspecified atom stereocenters. The first-order chi connectivity index (χ1) is 13.1. The van der Waals surface area contributed by atoms with Crippen LogP contribution in [0.1, 0.15) is 34.0 Å². The third kappa shape index (κ3) is 3.24. The number of carbonyl (C=O) groups is 1. The third-order valence-corrected chi connectivity index (χ3v) is 5.04. The number of benzene rings is 3. The van der Waals surface area contributed by atoms with Crippen molar-refractivity contribution in [1.29, 1.82) is 0 Å². The molecule has 0 aliphatic heterocycles. The van der Waals surface area contributed by atoms with E-state index in [1.807, 2.05) is 49.4 Å². The molecule has 3 aromatic carbocycles. The largest absolute Gasteiger partial charge is 0.376 e. The zero-order valence-electron chi connectivity index (χ0n) is 15.3. The molecule has 0 amide bonds. The second kappa shape index (κ2) is 6.97. The van der Waals surface area contributed by atoms with Crippen molar-refractivity contribution in [2.24, 2.45) is 0 Å². The third-order valence-electron chi connectivity index (χ3n) is 5.04. The van der Waals surface area contributed by atoms with Crippen LogP contribution in [0.15, 0.2) is 60.7 Å². The lowest BCUT2D eigenvalue weighted by Crippen LogP contribution is -2.07. The number of ketones is 1. The Morgan fingerprint density at radius 1 is 1.00 bits per heavy atom. The van der Waals surface area contributed by atoms with Crippen molar-refractivity contribution in [3.8, 4) is 11.1 Å². The topological polar surface area (TPSA) is 38.3 Å². The zero-order valence-corrected chi connectivity index (χ0v) is 15.3. The first-order valence-corrected chi connectivity index (χ1v) is 8.89. The van der Waals surface area contributed by atoms with Crippen LogP contribution in [-0.4, -0.2) is 12.9 Å². The van der Waals surface area contributed by atoms with Crippen molar-refractivity contribution in [1.82, 2.24) is 0 Å². The fourth-order valence-electron chi connectivity index (χ4n) is 3.63. The van der Waals surface area contributed by atoms with Gasteiger partial charge in [-0.3, -0.25) is 4.79 Å². The van der Waals surface area contributed by atoms with Crippen molar-refractivity contribution in [2.45, 2.75) is 19.4 Å². The van der Waals surface area contributed by atoms with Crippen molar-refractivity contribution in [3.05, 3.63) is 83.2 Å². The molecule has 3 aromatic rings. The lowest BCUT2D eigenvalue weighted by Gasteiger charge is -2.16. The normalized spacial score (nSPS) is 15.7. The molecule has 3 nitrogen and oxygen atoms in total. The summed E-state index contributed by atoms with van der Waals surface area (Å²) in [6.45, 7) is 1.86. The molecule has 0 heterocycles. The van der Waals surface area contributed by atoms with Gasteiger partial charge in [0.05, 0.1) is 6.10 Å². The Kier molecular flexibility index (Phi) is 4.50. The molecule has 1 aliphatic rings. The molecule has 1 N–H and O–H groups in total. The van der Waals surface area contributed by atoms with E-state index in [-0.39, 0.29) is 17.7 Å². The van der Waals surface area contributed by atoms with Gasteiger partial charge < -0.3 is 10.1 Å². The summed E-state index contributed by atoms with van der Waals surface area (Å²) in [5.41, 5.74) is 6.11. The number of fused-ring (bicyclic) bond motifs is 3. The summed E-state index contributed by atoms with van der Waals surface area (Å²) in [4.78, 5) is 12.8. The van der Waals surface area contributed by atoms with E-state index in [0.29, 0.717) is 12.0 Å². The van der Waals surface area contributed by atoms with E-state index in [2.05, 4.69) is 5.32 Å². The van der Waals surface area contributed by atoms with E-state index in [4.69, 9.17) is 4.74 Å². The van der Waals surface area contributed by atoms with Gasteiger partial charge in [-0.25, -0.2) is 4.39 Å². The molecule has 0 fully saturated rings. The number of rotatable bonds is 3. The molecule has 0 saturated carbocycles. The molecule has 0 saturated heterocycles. The minimum atomic E-state index is -0.259. The van der Waals surface area contributed by atoms with Gasteiger partial charge in [0.25, 0.3) is 0 Å². The van der Waals surface area contributed by atoms with Crippen LogP contribution in [-0.2, 0) is 4.74 Å². The minimum absolute atomic E-state index is 0.0672. The van der Waals surface area contributed by atoms with Gasteiger partial charge in [-0.2, -0.15) is 0 Å². The zero-order chi connectivity index (χ0) is 19.0. The number of nitrogens with one attached hydrogen (secondary N) is 1. The highest BCUT2D eigenvalue weighted by Crippen LogP contribution is 2.39. The highest BCUT2D eigenvalue weighted by atomic mass is 19.1. The summed E-state index contributed by atoms with van der Waals surface area (Å²) in [6.07, 6.45) is 0.0709. The van der Waals surface area contributed by atoms with Gasteiger partial charge in [0, 0.05) is 30.5 Å². The number of hydrogen-bond acceptors (Lipinski definition) is 3. The van der Waals surface area contributed by atoms with E-state index < -0.39 is 0 Å². The number of halogens is 1. The molecule has 4 rings (SSSR count). The van der Waals surface area contributed by atoms with Crippen LogP contribution in [0, 0.1) is 12.7 Å². The smallest absolute Gasteiger partial charge is 0.166 e. The van der Waals surface area contributed by atoms with E-state index in [0.717, 1.165) is 33.6 Å². The average molecular weight is 361 g/mol. The Morgan fingerprint density at radius 3 is 2.59 bits per heavy atom. The van der Waals surface area contributed by atoms with E-state index in [1.165, 1.54) is 12.1 Å². The predicted octanol–water partition coefficient (Wildman–Crippen LogP) is 5.82. The van der Waals surface area contributed by atoms with Crippen LogP contribution in [0.25, 0.3) is 11.1 Å². The van der Waals surface area contributed by atoms with Crippen LogP contribution in [0.5, 0.6) is 0 Å². The fourth-order valence-corrected chi connectivity index (χ4v) is 3.63. The van der Waals surface area contributed by atoms with Crippen molar-refractivity contribution in [3.63, 3.8) is 0 Å². The van der Waals surface area contributed by atoms with Gasteiger partial charge in [0.15, 0.2) is 5.78 Å². The van der Waals surface area contributed by atoms with E-state index in [1.54, 1.807) is 13.2 Å². The second-order valence-corrected chi connectivity index (χ2v) is 6.78. The number of hydrogen-bond donors (Lipinski definition) is 1. The number of Topliss-reactive ketones (excluding diaryl/α,β-unsaturated/α-hetero) is 1. The van der Waals surface area contributed by atoms with Crippen LogP contribution >= 0.6 is 0 Å². The number of carbonyl (C=O) groups excluding carboxylic acids is 1. The van der Waals surface area contributed by atoms with Gasteiger partial charge in [-0.05, 0) is 65.6 Å². The van der Waals surface area contributed by atoms with E-state index in [9.17, 15) is 9.18 Å². The maximum Gasteiger partial charge on any atom is 0.166 e. The van der Waals surface area contributed by atoms with Gasteiger partial charge in [0.2, 0.25) is 0 Å². The van der Waals surface area contributed by atoms with E-state index >= 15 is 0 Å². The molecule has 0 radical (unpaired) electrons. The van der Waals surface area contributed by atoms with Crippen molar-refractivity contribution in [2.75, 3.05) is 12.4 Å². The summed E-state index contributed by atoms with van der Waals surface area (Å²) >= 11 is 0. The standard InChI is InChI=1S/C23H20FNO2/c1-14-11-15(24)7-10-21(14)25-16-8-9-18-20(12-16)17-5-3-4-6-19(17)23(27-2)13-22(18)26/h3-12,23,25H,13H2,1-2H3. The molecule has 136 valence electrons. The van der Waals surface area contributed by atoms with Crippen molar-refractivity contribution >= 4 is 17.2 Å². The highest BCUT2D eigenvalue weighted by molar-refractivity contribution is 6.05. The second-order valence-electron chi connectivity index (χ2n) is 6.78. The quantitative estimate of drug-likeness (QED) is 0.639. The number of ether oxygens (including phenoxy) is 1. The van der Waals surface area contributed by atoms with Gasteiger partial charge in [-0.1, -0.05) is 24.3 Å². The maximum atomic E-state index is 13.4. The van der Waals surface area contributed by atoms with Gasteiger partial charge in [-0.15, -0.1) is 0 Å². The molecule has 1 atom stereocenters. The Bertz CT molecular complexity index is 1030. The molecule has 4 heteroatoms. The molecule has 1 aliphatic carbocycles. The van der Waals surface area contributed by atoms with Gasteiger partial charge in [0.1, 0.15) is 5.82 Å². The summed E-state index contributed by atoms with van der Waals surface area (Å²) in [5.74, 6) is -0.192. The number of aryl methyl sites for hydroxylation is 1. The predicted molar refractivity (Wildman–Crippen MR) is 105 cm³/mol. The monoisotopic (exact) mass is 361 g/mol. The lowest BCUT2D eigenvalue weighted by molar-refractivity contribution is 0.0739. The number of methoxy groups -OCH3 is 1. The maximum absolute atomic E-state index is 13.4. The lowest BCUT2D eigenvalue weighted by atomic mass is 9.95. The molecular formula is C23H20FNO2. The molecule has 27 heavy (non-hydrogen) atoms. The van der Waals surface area contributed by atoms with Crippen LogP contribution < -0.4 is 5.32 Å². The first-order valence-electron chi connectivity index (χ1n) is 8.89. The number of anilines is 2. The molecule has 0 spiro atoms. The highest BCUT2D eigenvalue weighted by Gasteiger charge is 2.27. The Balaban J connectivity index is 1.81. The minimum Gasteiger partial charge on any atom is -0.376 e. The SMILES string of the molecule is COC1CC(=O)c2ccc(Nc3ccc(F)cc3C)cc2-c2ccccc21. The summed E-state index contributed by atoms with van der Waals surface area (Å²) < 4.78 is 18.9. The van der Waals surface area contributed by atoms with Crippen LogP contribution in [0.4, 0.5) is 15.8 Å². The summed E-state index contributed by atoms with van der Waals surface area (Å²) in [6, 6.07) is 18.3.